The molecule has 0 amide bonds. The van der Waals surface area contributed by atoms with Crippen LogP contribution in [0.15, 0.2) is 46.7 Å². The number of nitrogens with zero attached hydrogens (tertiary/aromatic N) is 3. The number of piperidine rings is 1. The smallest absolute Gasteiger partial charge is 0.263 e. The molecule has 3 rings (SSSR count). The second-order valence-electron chi connectivity index (χ2n) is 6.15. The highest BCUT2D eigenvalue weighted by Crippen LogP contribution is 2.29. The van der Waals surface area contributed by atoms with Crippen molar-refractivity contribution in [2.75, 3.05) is 29.0 Å². The molecule has 2 aromatic rings. The van der Waals surface area contributed by atoms with Crippen molar-refractivity contribution in [1.29, 1.82) is 0 Å². The monoisotopic (exact) mass is 396 g/mol. The molecule has 1 saturated heterocycles. The summed E-state index contributed by atoms with van der Waals surface area (Å²) in [6, 6.07) is 4.19. The third kappa shape index (κ3) is 4.13. The van der Waals surface area contributed by atoms with Gasteiger partial charge in [-0.15, -0.1) is 0 Å². The van der Waals surface area contributed by atoms with E-state index in [1.165, 1.54) is 24.8 Å². The highest BCUT2D eigenvalue weighted by Gasteiger charge is 2.21. The van der Waals surface area contributed by atoms with E-state index in [0.717, 1.165) is 44.1 Å². The number of anilines is 2. The summed E-state index contributed by atoms with van der Waals surface area (Å²) in [4.78, 5) is 9.77. The lowest BCUT2D eigenvalue weighted by Crippen LogP contribution is -2.30. The van der Waals surface area contributed by atoms with E-state index in [0.29, 0.717) is 5.69 Å². The number of rotatable bonds is 5. The zero-order chi connectivity index (χ0) is 18.8. The van der Waals surface area contributed by atoms with Crippen LogP contribution in [0.1, 0.15) is 19.3 Å². The second-order valence-corrected chi connectivity index (χ2v) is 9.80. The molecule has 0 bridgehead atoms. The lowest BCUT2D eigenvalue weighted by molar-refractivity contribution is 0.578. The number of nitrogens with one attached hydrogen (secondary N) is 1. The Labute approximate surface area is 153 Å². The molecule has 3 heterocycles. The molecule has 1 aliphatic rings. The summed E-state index contributed by atoms with van der Waals surface area (Å²) in [5.41, 5.74) is 1.17. The first-order valence-corrected chi connectivity index (χ1v) is 11.5. The molecule has 2 aromatic heterocycles. The van der Waals surface area contributed by atoms with Crippen molar-refractivity contribution in [1.82, 2.24) is 9.97 Å². The molecule has 1 N–H and O–H groups in total. The summed E-state index contributed by atoms with van der Waals surface area (Å²) in [6.07, 6.45) is 8.44. The Morgan fingerprint density at radius 3 is 2.35 bits per heavy atom. The molecule has 0 aliphatic carbocycles. The van der Waals surface area contributed by atoms with Crippen LogP contribution in [0, 0.1) is 0 Å². The van der Waals surface area contributed by atoms with Gasteiger partial charge >= 0.3 is 0 Å². The van der Waals surface area contributed by atoms with Gasteiger partial charge in [0.15, 0.2) is 14.9 Å². The summed E-state index contributed by atoms with van der Waals surface area (Å²) in [6.45, 7) is 1.73. The zero-order valence-corrected chi connectivity index (χ0v) is 15.9. The van der Waals surface area contributed by atoms with E-state index in [1.807, 2.05) is 0 Å². The quantitative estimate of drug-likeness (QED) is 0.819. The molecule has 0 aromatic carbocycles. The molecular formula is C16H20N4O4S2. The minimum Gasteiger partial charge on any atom is -0.370 e. The Balaban J connectivity index is 1.88. The van der Waals surface area contributed by atoms with Gasteiger partial charge in [-0.25, -0.2) is 21.8 Å². The van der Waals surface area contributed by atoms with Crippen LogP contribution < -0.4 is 9.62 Å². The van der Waals surface area contributed by atoms with E-state index < -0.39 is 19.9 Å². The Morgan fingerprint density at radius 1 is 1.00 bits per heavy atom. The lowest BCUT2D eigenvalue weighted by Gasteiger charge is -2.30. The molecule has 0 saturated carbocycles. The van der Waals surface area contributed by atoms with Crippen LogP contribution in [0.4, 0.5) is 11.4 Å². The summed E-state index contributed by atoms with van der Waals surface area (Å²) >= 11 is 0. The highest BCUT2D eigenvalue weighted by atomic mass is 32.2. The molecule has 0 spiro atoms. The van der Waals surface area contributed by atoms with Gasteiger partial charge in [0.25, 0.3) is 10.0 Å². The number of hydrogen-bond donors (Lipinski definition) is 1. The average molecular weight is 396 g/mol. The molecule has 0 radical (unpaired) electrons. The molecular weight excluding hydrogens is 376 g/mol. The highest BCUT2D eigenvalue weighted by molar-refractivity contribution is 7.92. The Bertz CT molecular complexity index is 983. The zero-order valence-electron chi connectivity index (χ0n) is 14.3. The second kappa shape index (κ2) is 7.20. The fraction of sp³-hybridized carbons (Fsp3) is 0.375. The predicted molar refractivity (Wildman–Crippen MR) is 98.5 cm³/mol. The molecule has 0 unspecified atom stereocenters. The Morgan fingerprint density at radius 2 is 1.73 bits per heavy atom. The van der Waals surface area contributed by atoms with Crippen LogP contribution in [0.25, 0.3) is 0 Å². The van der Waals surface area contributed by atoms with Gasteiger partial charge in [0.2, 0.25) is 0 Å². The number of pyridine rings is 2. The summed E-state index contributed by atoms with van der Waals surface area (Å²) in [5.74, 6) is 0. The maximum Gasteiger partial charge on any atom is 0.263 e. The van der Waals surface area contributed by atoms with Gasteiger partial charge in [-0.1, -0.05) is 0 Å². The van der Waals surface area contributed by atoms with Crippen LogP contribution in [0.3, 0.4) is 0 Å². The van der Waals surface area contributed by atoms with Gasteiger partial charge in [0.05, 0.1) is 17.6 Å². The van der Waals surface area contributed by atoms with Crippen molar-refractivity contribution in [3.8, 4) is 0 Å². The minimum atomic E-state index is -3.91. The standard InChI is InChI=1S/C16H20N4O4S2/c1-25(21,22)16-6-5-13(11-18-16)26(23,24)19-14-12-17-8-7-15(14)20-9-3-2-4-10-20/h5-8,11-12,19H,2-4,9-10H2,1H3. The van der Waals surface area contributed by atoms with E-state index in [-0.39, 0.29) is 9.92 Å². The largest absolute Gasteiger partial charge is 0.370 e. The number of aromatic nitrogens is 2. The van der Waals surface area contributed by atoms with Gasteiger partial charge in [-0.2, -0.15) is 0 Å². The van der Waals surface area contributed by atoms with E-state index >= 15 is 0 Å². The van der Waals surface area contributed by atoms with E-state index in [4.69, 9.17) is 0 Å². The van der Waals surface area contributed by atoms with E-state index in [9.17, 15) is 16.8 Å². The molecule has 1 fully saturated rings. The van der Waals surface area contributed by atoms with Gasteiger partial charge < -0.3 is 4.90 Å². The van der Waals surface area contributed by atoms with E-state index in [1.54, 1.807) is 12.3 Å². The SMILES string of the molecule is CS(=O)(=O)c1ccc(S(=O)(=O)Nc2cnccc2N2CCCCC2)cn1. The molecule has 8 nitrogen and oxygen atoms in total. The first-order valence-electron chi connectivity index (χ1n) is 8.15. The molecule has 0 atom stereocenters. The minimum absolute atomic E-state index is 0.113. The lowest BCUT2D eigenvalue weighted by atomic mass is 10.1. The third-order valence-corrected chi connectivity index (χ3v) is 6.49. The van der Waals surface area contributed by atoms with Crippen molar-refractivity contribution in [3.05, 3.63) is 36.8 Å². The third-order valence-electron chi connectivity index (χ3n) is 4.14. The van der Waals surface area contributed by atoms with Crippen molar-refractivity contribution < 1.29 is 16.8 Å². The van der Waals surface area contributed by atoms with Crippen LogP contribution in [0.2, 0.25) is 0 Å². The van der Waals surface area contributed by atoms with Crippen LogP contribution >= 0.6 is 0 Å². The molecule has 26 heavy (non-hydrogen) atoms. The fourth-order valence-electron chi connectivity index (χ4n) is 2.83. The number of sulfone groups is 1. The summed E-state index contributed by atoms with van der Waals surface area (Å²) in [7, 11) is -7.40. The predicted octanol–water partition coefficient (Wildman–Crippen LogP) is 1.67. The number of hydrogen-bond acceptors (Lipinski definition) is 7. The Kier molecular flexibility index (Phi) is 5.15. The van der Waals surface area contributed by atoms with Crippen molar-refractivity contribution in [3.63, 3.8) is 0 Å². The van der Waals surface area contributed by atoms with E-state index in [2.05, 4.69) is 19.6 Å². The average Bonchev–Trinajstić information content (AvgIpc) is 2.62. The normalized spacial score (nSPS) is 15.7. The van der Waals surface area contributed by atoms with Crippen molar-refractivity contribution >= 4 is 31.2 Å². The summed E-state index contributed by atoms with van der Waals surface area (Å²) in [5, 5.41) is -0.174. The van der Waals surface area contributed by atoms with Crippen LogP contribution in [-0.2, 0) is 19.9 Å². The molecule has 10 heteroatoms. The Hall–Kier alpha value is -2.20. The van der Waals surface area contributed by atoms with Crippen LogP contribution in [-0.4, -0.2) is 46.1 Å². The maximum atomic E-state index is 12.7. The van der Waals surface area contributed by atoms with Gasteiger partial charge in [0, 0.05) is 31.7 Å². The van der Waals surface area contributed by atoms with Crippen molar-refractivity contribution in [2.45, 2.75) is 29.2 Å². The van der Waals surface area contributed by atoms with Gasteiger partial charge in [-0.05, 0) is 37.5 Å². The fourth-order valence-corrected chi connectivity index (χ4v) is 4.39. The number of sulfonamides is 1. The molecule has 140 valence electrons. The van der Waals surface area contributed by atoms with Gasteiger partial charge in [-0.3, -0.25) is 9.71 Å². The van der Waals surface area contributed by atoms with Gasteiger partial charge in [0.1, 0.15) is 4.90 Å². The maximum absolute atomic E-state index is 12.7. The van der Waals surface area contributed by atoms with Crippen LogP contribution in [0.5, 0.6) is 0 Å². The topological polar surface area (TPSA) is 109 Å². The summed E-state index contributed by atoms with van der Waals surface area (Å²) < 4.78 is 50.8. The first-order chi connectivity index (χ1) is 12.3. The first kappa shape index (κ1) is 18.6. The molecule has 1 aliphatic heterocycles. The van der Waals surface area contributed by atoms with Crippen molar-refractivity contribution in [2.24, 2.45) is 0 Å².